The molecule has 1 heterocycles. The minimum Gasteiger partial charge on any atom is -0.495 e. The first kappa shape index (κ1) is 22.1. The van der Waals surface area contributed by atoms with E-state index in [4.69, 9.17) is 16.3 Å². The van der Waals surface area contributed by atoms with Gasteiger partial charge in [0.05, 0.1) is 23.1 Å². The van der Waals surface area contributed by atoms with Crippen molar-refractivity contribution in [3.8, 4) is 5.75 Å². The molecule has 1 aliphatic heterocycles. The molecule has 2 fully saturated rings. The number of sulfonamides is 1. The van der Waals surface area contributed by atoms with Crippen molar-refractivity contribution in [2.75, 3.05) is 25.5 Å². The maximum atomic E-state index is 13.2. The summed E-state index contributed by atoms with van der Waals surface area (Å²) in [4.78, 5) is 13.4. The number of ether oxygens (including phenoxy) is 1. The summed E-state index contributed by atoms with van der Waals surface area (Å²) in [7, 11) is -2.14. The molecule has 6 nitrogen and oxygen atoms in total. The average molecular weight is 463 g/mol. The first-order chi connectivity index (χ1) is 14.9. The van der Waals surface area contributed by atoms with E-state index in [1.165, 1.54) is 13.2 Å². The highest BCUT2D eigenvalue weighted by Gasteiger charge is 2.51. The van der Waals surface area contributed by atoms with Crippen LogP contribution in [-0.2, 0) is 20.2 Å². The summed E-state index contributed by atoms with van der Waals surface area (Å²) >= 11 is 6.12. The van der Waals surface area contributed by atoms with E-state index in [1.54, 1.807) is 22.5 Å². The van der Waals surface area contributed by atoms with Crippen LogP contribution in [0.5, 0.6) is 5.75 Å². The number of nitrogens with one attached hydrogen (secondary N) is 1. The third-order valence-corrected chi connectivity index (χ3v) is 8.31. The zero-order valence-electron chi connectivity index (χ0n) is 17.6. The molecule has 2 aromatic rings. The number of hydrogen-bond donors (Lipinski definition) is 1. The van der Waals surface area contributed by atoms with Crippen molar-refractivity contribution in [2.24, 2.45) is 0 Å². The second-order valence-electron chi connectivity index (χ2n) is 8.23. The quantitative estimate of drug-likeness (QED) is 0.681. The van der Waals surface area contributed by atoms with Crippen LogP contribution in [0.4, 0.5) is 5.69 Å². The van der Waals surface area contributed by atoms with Gasteiger partial charge >= 0.3 is 0 Å². The molecule has 166 valence electrons. The molecule has 4 rings (SSSR count). The number of halogens is 1. The zero-order chi connectivity index (χ0) is 22.1. The second-order valence-corrected chi connectivity index (χ2v) is 10.6. The van der Waals surface area contributed by atoms with Gasteiger partial charge in [0.25, 0.3) is 0 Å². The summed E-state index contributed by atoms with van der Waals surface area (Å²) in [5, 5.41) is 3.50. The van der Waals surface area contributed by atoms with E-state index >= 15 is 0 Å². The van der Waals surface area contributed by atoms with E-state index in [0.717, 1.165) is 31.2 Å². The van der Waals surface area contributed by atoms with Gasteiger partial charge in [0, 0.05) is 18.1 Å². The molecule has 0 aromatic heterocycles. The topological polar surface area (TPSA) is 75.7 Å². The van der Waals surface area contributed by atoms with Gasteiger partial charge in [0.2, 0.25) is 15.9 Å². The molecule has 31 heavy (non-hydrogen) atoms. The summed E-state index contributed by atoms with van der Waals surface area (Å²) < 4.78 is 33.3. The molecule has 1 saturated carbocycles. The van der Waals surface area contributed by atoms with Gasteiger partial charge < -0.3 is 10.1 Å². The number of amides is 1. The fourth-order valence-corrected chi connectivity index (χ4v) is 5.91. The zero-order valence-corrected chi connectivity index (χ0v) is 19.1. The molecule has 0 spiro atoms. The summed E-state index contributed by atoms with van der Waals surface area (Å²) in [6.07, 6.45) is 5.24. The molecule has 1 saturated heterocycles. The smallest absolute Gasteiger partial charge is 0.243 e. The molecule has 1 N–H and O–H groups in total. The van der Waals surface area contributed by atoms with Gasteiger partial charge in [-0.3, -0.25) is 4.79 Å². The van der Waals surface area contributed by atoms with Crippen molar-refractivity contribution in [2.45, 2.75) is 48.8 Å². The third-order valence-electron chi connectivity index (χ3n) is 6.18. The van der Waals surface area contributed by atoms with Crippen LogP contribution in [0, 0.1) is 0 Å². The molecule has 0 unspecified atom stereocenters. The fourth-order valence-electron chi connectivity index (χ4n) is 4.18. The Balaban J connectivity index is 1.62. The number of hydrogen-bond acceptors (Lipinski definition) is 4. The Labute approximate surface area is 188 Å². The fraction of sp³-hybridized carbons (Fsp3) is 0.435. The molecule has 0 bridgehead atoms. The van der Waals surface area contributed by atoms with Gasteiger partial charge in [0.1, 0.15) is 5.75 Å². The standard InChI is InChI=1S/C23H27ClN2O4S/c1-30-21-10-9-19(31(28,29)26-13-4-2-3-5-14-26)16-20(21)25-22(27)23(11-12-23)17-7-6-8-18(24)15-17/h6-10,15-16H,2-5,11-14H2,1H3,(H,25,27). The van der Waals surface area contributed by atoms with Crippen molar-refractivity contribution >= 4 is 33.2 Å². The van der Waals surface area contributed by atoms with Crippen molar-refractivity contribution < 1.29 is 17.9 Å². The number of anilines is 1. The number of rotatable bonds is 6. The summed E-state index contributed by atoms with van der Waals surface area (Å²) in [6.45, 7) is 1.04. The normalized spacial score (nSPS) is 18.8. The lowest BCUT2D eigenvalue weighted by atomic mass is 9.95. The Kier molecular flexibility index (Phi) is 6.28. The monoisotopic (exact) mass is 462 g/mol. The molecule has 2 aromatic carbocycles. The van der Waals surface area contributed by atoms with Gasteiger partial charge in [-0.15, -0.1) is 0 Å². The van der Waals surface area contributed by atoms with Crippen molar-refractivity contribution in [3.63, 3.8) is 0 Å². The molecular formula is C23H27ClN2O4S. The summed E-state index contributed by atoms with van der Waals surface area (Å²) in [6, 6.07) is 12.0. The van der Waals surface area contributed by atoms with E-state index in [-0.39, 0.29) is 10.8 Å². The van der Waals surface area contributed by atoms with Crippen molar-refractivity contribution in [1.82, 2.24) is 4.31 Å². The van der Waals surface area contributed by atoms with Gasteiger partial charge in [-0.1, -0.05) is 36.6 Å². The van der Waals surface area contributed by atoms with E-state index in [0.29, 0.717) is 42.4 Å². The van der Waals surface area contributed by atoms with Crippen LogP contribution in [0.2, 0.25) is 5.02 Å². The average Bonchev–Trinajstić information content (AvgIpc) is 3.58. The molecular weight excluding hydrogens is 436 g/mol. The molecule has 1 aliphatic carbocycles. The van der Waals surface area contributed by atoms with E-state index < -0.39 is 15.4 Å². The lowest BCUT2D eigenvalue weighted by Crippen LogP contribution is -2.32. The van der Waals surface area contributed by atoms with Crippen LogP contribution in [0.15, 0.2) is 47.4 Å². The predicted molar refractivity (Wildman–Crippen MR) is 121 cm³/mol. The van der Waals surface area contributed by atoms with Crippen molar-refractivity contribution in [1.29, 1.82) is 0 Å². The first-order valence-corrected chi connectivity index (χ1v) is 12.4. The maximum Gasteiger partial charge on any atom is 0.243 e. The highest BCUT2D eigenvalue weighted by Crippen LogP contribution is 2.49. The maximum absolute atomic E-state index is 13.2. The minimum atomic E-state index is -3.64. The van der Waals surface area contributed by atoms with Gasteiger partial charge in [-0.05, 0) is 61.6 Å². The number of carbonyl (C=O) groups excluding carboxylic acids is 1. The third kappa shape index (κ3) is 4.45. The summed E-state index contributed by atoms with van der Waals surface area (Å²) in [5.74, 6) is 0.238. The molecule has 2 aliphatic rings. The van der Waals surface area contributed by atoms with Gasteiger partial charge in [0.15, 0.2) is 0 Å². The van der Waals surface area contributed by atoms with Crippen LogP contribution in [-0.4, -0.2) is 38.8 Å². The SMILES string of the molecule is COc1ccc(S(=O)(=O)N2CCCCCC2)cc1NC(=O)C1(c2cccc(Cl)c2)CC1. The van der Waals surface area contributed by atoms with Crippen LogP contribution < -0.4 is 10.1 Å². The lowest BCUT2D eigenvalue weighted by Gasteiger charge is -2.22. The Morgan fingerprint density at radius 3 is 2.39 bits per heavy atom. The highest BCUT2D eigenvalue weighted by atomic mass is 35.5. The first-order valence-electron chi connectivity index (χ1n) is 10.6. The van der Waals surface area contributed by atoms with E-state index in [2.05, 4.69) is 5.32 Å². The number of benzene rings is 2. The van der Waals surface area contributed by atoms with Crippen LogP contribution in [0.1, 0.15) is 44.1 Å². The molecule has 0 radical (unpaired) electrons. The second kappa shape index (κ2) is 8.81. The minimum absolute atomic E-state index is 0.165. The van der Waals surface area contributed by atoms with Gasteiger partial charge in [-0.25, -0.2) is 8.42 Å². The number of carbonyl (C=O) groups is 1. The number of nitrogens with zero attached hydrogens (tertiary/aromatic N) is 1. The highest BCUT2D eigenvalue weighted by molar-refractivity contribution is 7.89. The van der Waals surface area contributed by atoms with Crippen LogP contribution in [0.25, 0.3) is 0 Å². The Morgan fingerprint density at radius 1 is 1.06 bits per heavy atom. The Morgan fingerprint density at radius 2 is 1.77 bits per heavy atom. The van der Waals surface area contributed by atoms with Crippen LogP contribution >= 0.6 is 11.6 Å². The van der Waals surface area contributed by atoms with Crippen LogP contribution in [0.3, 0.4) is 0 Å². The summed E-state index contributed by atoms with van der Waals surface area (Å²) in [5.41, 5.74) is 0.580. The largest absolute Gasteiger partial charge is 0.495 e. The van der Waals surface area contributed by atoms with Gasteiger partial charge in [-0.2, -0.15) is 4.31 Å². The van der Waals surface area contributed by atoms with E-state index in [1.807, 2.05) is 18.2 Å². The Bertz CT molecular complexity index is 1070. The number of methoxy groups -OCH3 is 1. The molecule has 0 atom stereocenters. The van der Waals surface area contributed by atoms with Crippen molar-refractivity contribution in [3.05, 3.63) is 53.1 Å². The Hall–Kier alpha value is -2.09. The van der Waals surface area contributed by atoms with E-state index in [9.17, 15) is 13.2 Å². The molecule has 1 amide bonds. The molecule has 8 heteroatoms. The predicted octanol–water partition coefficient (Wildman–Crippen LogP) is 4.58. The lowest BCUT2D eigenvalue weighted by molar-refractivity contribution is -0.118.